The van der Waals surface area contributed by atoms with Crippen LogP contribution in [0.25, 0.3) is 11.0 Å². The third kappa shape index (κ3) is 2.89. The molecule has 1 heterocycles. The maximum atomic E-state index is 12.2. The van der Waals surface area contributed by atoms with Gasteiger partial charge in [0.2, 0.25) is 0 Å². The fourth-order valence-electron chi connectivity index (χ4n) is 2.48. The summed E-state index contributed by atoms with van der Waals surface area (Å²) < 4.78 is 3.02. The van der Waals surface area contributed by atoms with Crippen molar-refractivity contribution in [2.45, 2.75) is 19.8 Å². The van der Waals surface area contributed by atoms with E-state index < -0.39 is 5.97 Å². The number of aromatic nitrogens is 2. The number of carboxylic acids is 1. The zero-order chi connectivity index (χ0) is 15.7. The monoisotopic (exact) mass is 290 g/mol. The number of fused-ring (bicyclic) bond motifs is 1. The van der Waals surface area contributed by atoms with Gasteiger partial charge in [-0.25, -0.2) is 4.79 Å². The fraction of sp³-hybridized carbons (Fsp3) is 0.400. The number of Topliss-reactive ketones (excluding diaryl/α,β-unsaturated/α-hetero) is 1. The van der Waals surface area contributed by atoms with Crippen molar-refractivity contribution in [2.75, 3.05) is 0 Å². The number of imidazole rings is 1. The molecule has 21 heavy (non-hydrogen) atoms. The second-order valence-corrected chi connectivity index (χ2v) is 5.43. The number of ketones is 1. The van der Waals surface area contributed by atoms with E-state index in [4.69, 9.17) is 5.11 Å². The molecule has 0 fully saturated rings. The molecular weight excluding hydrogens is 272 g/mol. The van der Waals surface area contributed by atoms with E-state index in [1.54, 1.807) is 39.2 Å². The van der Waals surface area contributed by atoms with E-state index in [9.17, 15) is 14.4 Å². The Balaban J connectivity index is 2.31. The second kappa shape index (κ2) is 5.55. The summed E-state index contributed by atoms with van der Waals surface area (Å²) in [6, 6.07) is 5.11. The summed E-state index contributed by atoms with van der Waals surface area (Å²) in [6.07, 6.45) is 0.149. The molecule has 1 aromatic carbocycles. The Labute approximate surface area is 121 Å². The summed E-state index contributed by atoms with van der Waals surface area (Å²) in [6.45, 7) is 1.74. The van der Waals surface area contributed by atoms with E-state index in [0.717, 1.165) is 5.52 Å². The van der Waals surface area contributed by atoms with Gasteiger partial charge in [0.1, 0.15) is 0 Å². The van der Waals surface area contributed by atoms with Crippen LogP contribution in [0.5, 0.6) is 0 Å². The summed E-state index contributed by atoms with van der Waals surface area (Å²) in [5.74, 6) is -1.23. The molecule has 1 unspecified atom stereocenters. The molecule has 0 spiro atoms. The van der Waals surface area contributed by atoms with Crippen LogP contribution in [0.2, 0.25) is 0 Å². The summed E-state index contributed by atoms with van der Waals surface area (Å²) in [7, 11) is 3.34. The lowest BCUT2D eigenvalue weighted by Crippen LogP contribution is -2.19. The topological polar surface area (TPSA) is 81.3 Å². The number of benzene rings is 1. The zero-order valence-corrected chi connectivity index (χ0v) is 12.3. The molecule has 2 aromatic rings. The van der Waals surface area contributed by atoms with Crippen molar-refractivity contribution in [3.63, 3.8) is 0 Å². The summed E-state index contributed by atoms with van der Waals surface area (Å²) >= 11 is 0. The molecule has 1 atom stereocenters. The molecular formula is C15H18N2O4. The van der Waals surface area contributed by atoms with Gasteiger partial charge < -0.3 is 5.11 Å². The van der Waals surface area contributed by atoms with Gasteiger partial charge in [0.25, 0.3) is 0 Å². The number of aryl methyl sites for hydroxylation is 2. The van der Waals surface area contributed by atoms with Crippen LogP contribution in [-0.4, -0.2) is 26.0 Å². The van der Waals surface area contributed by atoms with Crippen molar-refractivity contribution in [1.82, 2.24) is 9.13 Å². The van der Waals surface area contributed by atoms with E-state index in [1.165, 1.54) is 9.13 Å². The van der Waals surface area contributed by atoms with Gasteiger partial charge in [-0.05, 0) is 24.1 Å². The molecule has 0 radical (unpaired) electrons. The van der Waals surface area contributed by atoms with Crippen LogP contribution >= 0.6 is 0 Å². The number of carboxylic acid groups (broad SMARTS) is 1. The molecule has 6 nitrogen and oxygen atoms in total. The molecule has 0 saturated heterocycles. The van der Waals surface area contributed by atoms with Gasteiger partial charge in [0, 0.05) is 32.5 Å². The minimum absolute atomic E-state index is 0.0300. The highest BCUT2D eigenvalue weighted by Gasteiger charge is 2.16. The van der Waals surface area contributed by atoms with Crippen LogP contribution in [0, 0.1) is 5.92 Å². The number of aliphatic carboxylic acids is 1. The van der Waals surface area contributed by atoms with E-state index in [1.807, 2.05) is 0 Å². The van der Waals surface area contributed by atoms with E-state index >= 15 is 0 Å². The van der Waals surface area contributed by atoms with Crippen molar-refractivity contribution in [3.05, 3.63) is 34.2 Å². The normalized spacial score (nSPS) is 12.5. The minimum Gasteiger partial charge on any atom is -0.481 e. The minimum atomic E-state index is -0.906. The Hall–Kier alpha value is -2.37. The van der Waals surface area contributed by atoms with Gasteiger partial charge >= 0.3 is 11.7 Å². The average Bonchev–Trinajstić information content (AvgIpc) is 2.62. The van der Waals surface area contributed by atoms with E-state index in [-0.39, 0.29) is 30.2 Å². The molecule has 0 saturated carbocycles. The number of nitrogens with zero attached hydrogens (tertiary/aromatic N) is 2. The van der Waals surface area contributed by atoms with Crippen LogP contribution in [0.3, 0.4) is 0 Å². The van der Waals surface area contributed by atoms with Crippen molar-refractivity contribution in [2.24, 2.45) is 20.0 Å². The molecule has 0 aliphatic carbocycles. The van der Waals surface area contributed by atoms with Gasteiger partial charge in [-0.15, -0.1) is 0 Å². The first kappa shape index (κ1) is 15.0. The Morgan fingerprint density at radius 2 is 1.76 bits per heavy atom. The highest BCUT2D eigenvalue weighted by atomic mass is 16.4. The van der Waals surface area contributed by atoms with Crippen LogP contribution in [-0.2, 0) is 18.9 Å². The standard InChI is InChI=1S/C15H18N2O4/c1-9(7-14(19)20)6-13(18)10-4-5-11-12(8-10)17(3)15(21)16(11)2/h4-5,8-9H,6-7H2,1-3H3,(H,19,20). The molecule has 2 rings (SSSR count). The lowest BCUT2D eigenvalue weighted by atomic mass is 9.97. The lowest BCUT2D eigenvalue weighted by Gasteiger charge is -2.08. The van der Waals surface area contributed by atoms with Crippen molar-refractivity contribution >= 4 is 22.8 Å². The molecule has 1 N–H and O–H groups in total. The number of carbonyl (C=O) groups excluding carboxylic acids is 1. The number of rotatable bonds is 5. The molecule has 0 aliphatic rings. The average molecular weight is 290 g/mol. The lowest BCUT2D eigenvalue weighted by molar-refractivity contribution is -0.137. The first-order valence-corrected chi connectivity index (χ1v) is 6.71. The molecule has 112 valence electrons. The SMILES string of the molecule is CC(CC(=O)O)CC(=O)c1ccc2c(c1)n(C)c(=O)n2C. The highest BCUT2D eigenvalue weighted by molar-refractivity contribution is 5.99. The molecule has 0 amide bonds. The number of hydrogen-bond acceptors (Lipinski definition) is 3. The summed E-state index contributed by atoms with van der Waals surface area (Å²) in [5.41, 5.74) is 1.81. The maximum absolute atomic E-state index is 12.2. The van der Waals surface area contributed by atoms with E-state index in [0.29, 0.717) is 11.1 Å². The summed E-state index contributed by atoms with van der Waals surface area (Å²) in [5, 5.41) is 8.73. The van der Waals surface area contributed by atoms with Gasteiger partial charge in [-0.3, -0.25) is 18.7 Å². The van der Waals surface area contributed by atoms with Gasteiger partial charge in [0.15, 0.2) is 5.78 Å². The van der Waals surface area contributed by atoms with Crippen molar-refractivity contribution < 1.29 is 14.7 Å². The fourth-order valence-corrected chi connectivity index (χ4v) is 2.48. The third-order valence-corrected chi connectivity index (χ3v) is 3.65. The smallest absolute Gasteiger partial charge is 0.328 e. The number of carbonyl (C=O) groups is 2. The Morgan fingerprint density at radius 3 is 2.38 bits per heavy atom. The molecule has 1 aromatic heterocycles. The quantitative estimate of drug-likeness (QED) is 0.847. The van der Waals surface area contributed by atoms with Gasteiger partial charge in [0.05, 0.1) is 11.0 Å². The largest absolute Gasteiger partial charge is 0.481 e. The van der Waals surface area contributed by atoms with Crippen LogP contribution in [0.1, 0.15) is 30.1 Å². The Kier molecular flexibility index (Phi) is 3.97. The van der Waals surface area contributed by atoms with Crippen molar-refractivity contribution in [1.29, 1.82) is 0 Å². The zero-order valence-electron chi connectivity index (χ0n) is 12.3. The maximum Gasteiger partial charge on any atom is 0.328 e. The molecule has 0 bridgehead atoms. The number of hydrogen-bond donors (Lipinski definition) is 1. The molecule has 0 aliphatic heterocycles. The van der Waals surface area contributed by atoms with Crippen LogP contribution < -0.4 is 5.69 Å². The first-order chi connectivity index (χ1) is 9.81. The third-order valence-electron chi connectivity index (χ3n) is 3.65. The van der Waals surface area contributed by atoms with Crippen LogP contribution in [0.4, 0.5) is 0 Å². The second-order valence-electron chi connectivity index (χ2n) is 5.43. The predicted octanol–water partition coefficient (Wildman–Crippen LogP) is 1.56. The van der Waals surface area contributed by atoms with Crippen molar-refractivity contribution in [3.8, 4) is 0 Å². The van der Waals surface area contributed by atoms with Gasteiger partial charge in [-0.1, -0.05) is 6.92 Å². The van der Waals surface area contributed by atoms with Crippen LogP contribution in [0.15, 0.2) is 23.0 Å². The van der Waals surface area contributed by atoms with E-state index in [2.05, 4.69) is 0 Å². The molecule has 6 heteroatoms. The van der Waals surface area contributed by atoms with Gasteiger partial charge in [-0.2, -0.15) is 0 Å². The highest BCUT2D eigenvalue weighted by Crippen LogP contribution is 2.18. The first-order valence-electron chi connectivity index (χ1n) is 6.71. The predicted molar refractivity (Wildman–Crippen MR) is 78.5 cm³/mol. The Bertz CT molecular complexity index is 770. The Morgan fingerprint density at radius 1 is 1.14 bits per heavy atom. The summed E-state index contributed by atoms with van der Waals surface area (Å²) in [4.78, 5) is 34.7.